The molecular weight excluding hydrogens is 158 g/mol. The smallest absolute Gasteiger partial charge is 0.0153 e. The molecule has 1 heterocycles. The maximum Gasteiger partial charge on any atom is 0.0153 e. The fourth-order valence-electron chi connectivity index (χ4n) is 3.71. The quantitative estimate of drug-likeness (QED) is 0.633. The summed E-state index contributed by atoms with van der Waals surface area (Å²) in [6.45, 7) is 9.49. The third-order valence-corrected chi connectivity index (χ3v) is 3.97. The molecule has 2 fully saturated rings. The zero-order valence-electron chi connectivity index (χ0n) is 9.46. The molecule has 0 amide bonds. The molecule has 0 aromatic heterocycles. The Hall–Kier alpha value is -0.0400. The summed E-state index contributed by atoms with van der Waals surface area (Å²) in [7, 11) is 0. The van der Waals surface area contributed by atoms with Gasteiger partial charge in [0.15, 0.2) is 0 Å². The Kier molecular flexibility index (Phi) is 2.39. The van der Waals surface area contributed by atoms with E-state index in [2.05, 4.69) is 32.6 Å². The second kappa shape index (κ2) is 3.27. The largest absolute Gasteiger partial charge is 0.295 e. The minimum atomic E-state index is 0.752. The van der Waals surface area contributed by atoms with Crippen molar-refractivity contribution in [2.75, 3.05) is 0 Å². The molecule has 0 spiro atoms. The van der Waals surface area contributed by atoms with Crippen LogP contribution in [0.25, 0.3) is 0 Å². The van der Waals surface area contributed by atoms with E-state index in [4.69, 9.17) is 0 Å². The molecule has 2 aliphatic rings. The Labute approximate surface area is 82.5 Å². The van der Waals surface area contributed by atoms with E-state index in [0.29, 0.717) is 0 Å². The number of hydrogen-bond donors (Lipinski definition) is 0. The van der Waals surface area contributed by atoms with Gasteiger partial charge in [0.25, 0.3) is 0 Å². The van der Waals surface area contributed by atoms with Crippen molar-refractivity contribution >= 4 is 0 Å². The van der Waals surface area contributed by atoms with Crippen LogP contribution in [0.3, 0.4) is 0 Å². The van der Waals surface area contributed by atoms with Gasteiger partial charge in [-0.05, 0) is 44.9 Å². The second-order valence-corrected chi connectivity index (χ2v) is 5.50. The number of hydrogen-bond acceptors (Lipinski definition) is 1. The highest BCUT2D eigenvalue weighted by atomic mass is 15.3. The maximum absolute atomic E-state index is 2.79. The van der Waals surface area contributed by atoms with Gasteiger partial charge in [-0.3, -0.25) is 4.90 Å². The van der Waals surface area contributed by atoms with E-state index in [1.54, 1.807) is 0 Å². The summed E-state index contributed by atoms with van der Waals surface area (Å²) >= 11 is 0. The molecule has 0 N–H and O–H groups in total. The topological polar surface area (TPSA) is 3.24 Å². The lowest BCUT2D eigenvalue weighted by molar-refractivity contribution is 0.0732. The average Bonchev–Trinajstić information content (AvgIpc) is 2.60. The van der Waals surface area contributed by atoms with Crippen molar-refractivity contribution in [3.8, 4) is 0 Å². The minimum absolute atomic E-state index is 0.752. The Morgan fingerprint density at radius 1 is 1.08 bits per heavy atom. The Balaban J connectivity index is 2.15. The molecule has 1 heteroatoms. The van der Waals surface area contributed by atoms with E-state index < -0.39 is 0 Å². The number of rotatable bonds is 2. The number of likely N-dealkylation sites (tertiary alicyclic amines) is 1. The van der Waals surface area contributed by atoms with Crippen molar-refractivity contribution in [1.82, 2.24) is 4.90 Å². The molecule has 1 nitrogen and oxygen atoms in total. The third kappa shape index (κ3) is 1.41. The van der Waals surface area contributed by atoms with Gasteiger partial charge in [-0.1, -0.05) is 13.8 Å². The van der Waals surface area contributed by atoms with Gasteiger partial charge >= 0.3 is 0 Å². The molecule has 1 saturated carbocycles. The van der Waals surface area contributed by atoms with Crippen LogP contribution in [0.2, 0.25) is 0 Å². The van der Waals surface area contributed by atoms with Crippen molar-refractivity contribution in [2.24, 2.45) is 11.8 Å². The summed E-state index contributed by atoms with van der Waals surface area (Å²) < 4.78 is 0. The summed E-state index contributed by atoms with van der Waals surface area (Å²) in [5, 5.41) is 0. The Bertz CT molecular complexity index is 166. The molecule has 2 rings (SSSR count). The first-order valence-electron chi connectivity index (χ1n) is 5.88. The van der Waals surface area contributed by atoms with Crippen molar-refractivity contribution in [2.45, 2.75) is 65.1 Å². The average molecular weight is 181 g/mol. The zero-order valence-corrected chi connectivity index (χ0v) is 9.46. The first-order valence-corrected chi connectivity index (χ1v) is 5.88. The van der Waals surface area contributed by atoms with E-state index in [0.717, 1.165) is 30.0 Å². The Morgan fingerprint density at radius 2 is 1.77 bits per heavy atom. The standard InChI is InChI=1S/C12H23N/c1-8(2)12-10-5-6-11(7-10)13(12)9(3)4/h8-12H,5-7H2,1-4H3/t10-,11-,12-/m1/s1. The Morgan fingerprint density at radius 3 is 2.23 bits per heavy atom. The fraction of sp³-hybridized carbons (Fsp3) is 1.00. The van der Waals surface area contributed by atoms with Gasteiger partial charge < -0.3 is 0 Å². The van der Waals surface area contributed by atoms with E-state index in [9.17, 15) is 0 Å². The third-order valence-electron chi connectivity index (χ3n) is 3.97. The second-order valence-electron chi connectivity index (χ2n) is 5.50. The molecule has 1 aliphatic heterocycles. The lowest BCUT2D eigenvalue weighted by atomic mass is 9.89. The molecule has 1 aliphatic carbocycles. The van der Waals surface area contributed by atoms with Crippen LogP contribution < -0.4 is 0 Å². The van der Waals surface area contributed by atoms with E-state index in [-0.39, 0.29) is 0 Å². The van der Waals surface area contributed by atoms with Gasteiger partial charge in [-0.25, -0.2) is 0 Å². The summed E-state index contributed by atoms with van der Waals surface area (Å²) in [4.78, 5) is 2.79. The normalized spacial score (nSPS) is 39.7. The van der Waals surface area contributed by atoms with Crippen molar-refractivity contribution in [3.05, 3.63) is 0 Å². The molecule has 0 radical (unpaired) electrons. The molecule has 0 aromatic rings. The van der Waals surface area contributed by atoms with Crippen LogP contribution >= 0.6 is 0 Å². The first-order chi connectivity index (χ1) is 6.11. The summed E-state index contributed by atoms with van der Waals surface area (Å²) in [5.74, 6) is 1.87. The predicted molar refractivity (Wildman–Crippen MR) is 56.7 cm³/mol. The van der Waals surface area contributed by atoms with Gasteiger partial charge in [0, 0.05) is 18.1 Å². The summed E-state index contributed by atoms with van der Waals surface area (Å²) in [6, 6.07) is 2.57. The first kappa shape index (κ1) is 9.51. The highest BCUT2D eigenvalue weighted by Crippen LogP contribution is 2.45. The molecular formula is C12H23N. The predicted octanol–water partition coefficient (Wildman–Crippen LogP) is 2.90. The number of piperidine rings is 1. The molecule has 0 unspecified atom stereocenters. The van der Waals surface area contributed by atoms with Crippen LogP contribution in [0.15, 0.2) is 0 Å². The van der Waals surface area contributed by atoms with Crippen molar-refractivity contribution in [1.29, 1.82) is 0 Å². The van der Waals surface area contributed by atoms with Crippen LogP contribution in [0, 0.1) is 11.8 Å². The van der Waals surface area contributed by atoms with Crippen molar-refractivity contribution < 1.29 is 0 Å². The molecule has 0 aromatic carbocycles. The van der Waals surface area contributed by atoms with E-state index >= 15 is 0 Å². The van der Waals surface area contributed by atoms with E-state index in [1.807, 2.05) is 0 Å². The zero-order chi connectivity index (χ0) is 9.59. The van der Waals surface area contributed by atoms with Crippen LogP contribution in [0.1, 0.15) is 47.0 Å². The number of fused-ring (bicyclic) bond motifs is 2. The van der Waals surface area contributed by atoms with Crippen LogP contribution in [-0.4, -0.2) is 23.0 Å². The SMILES string of the molecule is CC(C)[C@@H]1[C@@H]2CC[C@H](C2)N1C(C)C. The van der Waals surface area contributed by atoms with Gasteiger partial charge in [0.2, 0.25) is 0 Å². The van der Waals surface area contributed by atoms with Crippen LogP contribution in [0.5, 0.6) is 0 Å². The molecule has 2 bridgehead atoms. The molecule has 13 heavy (non-hydrogen) atoms. The summed E-state index contributed by atoms with van der Waals surface area (Å²) in [6.07, 6.45) is 4.45. The minimum Gasteiger partial charge on any atom is -0.295 e. The van der Waals surface area contributed by atoms with Gasteiger partial charge in [-0.15, -0.1) is 0 Å². The summed E-state index contributed by atoms with van der Waals surface area (Å²) in [5.41, 5.74) is 0. The van der Waals surface area contributed by atoms with Crippen LogP contribution in [-0.2, 0) is 0 Å². The lowest BCUT2D eigenvalue weighted by Gasteiger charge is -2.40. The highest BCUT2D eigenvalue weighted by molar-refractivity contribution is 5.01. The maximum atomic E-state index is 2.79. The van der Waals surface area contributed by atoms with Gasteiger partial charge in [0.1, 0.15) is 0 Å². The van der Waals surface area contributed by atoms with Crippen LogP contribution in [0.4, 0.5) is 0 Å². The monoisotopic (exact) mass is 181 g/mol. The van der Waals surface area contributed by atoms with E-state index in [1.165, 1.54) is 19.3 Å². The van der Waals surface area contributed by atoms with Gasteiger partial charge in [0.05, 0.1) is 0 Å². The van der Waals surface area contributed by atoms with Gasteiger partial charge in [-0.2, -0.15) is 0 Å². The lowest BCUT2D eigenvalue weighted by Crippen LogP contribution is -2.47. The molecule has 3 atom stereocenters. The molecule has 1 saturated heterocycles. The fourth-order valence-corrected chi connectivity index (χ4v) is 3.71. The highest BCUT2D eigenvalue weighted by Gasteiger charge is 2.47. The molecule has 76 valence electrons. The number of nitrogens with zero attached hydrogens (tertiary/aromatic N) is 1. The van der Waals surface area contributed by atoms with Crippen molar-refractivity contribution in [3.63, 3.8) is 0 Å².